The minimum Gasteiger partial charge on any atom is -0.493 e. The highest BCUT2D eigenvalue weighted by Gasteiger charge is 2.25. The summed E-state index contributed by atoms with van der Waals surface area (Å²) in [7, 11) is 0. The number of piperazine rings is 1. The molecule has 0 radical (unpaired) electrons. The SMILES string of the molecule is CC1C=C(OCCN2CCN(C(=O)OC(C)(C)C)CC2)C=CC1N. The third-order valence-corrected chi connectivity index (χ3v) is 4.22. The number of amides is 1. The third kappa shape index (κ3) is 5.83. The van der Waals surface area contributed by atoms with Crippen LogP contribution in [0, 0.1) is 5.92 Å². The summed E-state index contributed by atoms with van der Waals surface area (Å²) in [6, 6.07) is 0.0817. The summed E-state index contributed by atoms with van der Waals surface area (Å²) >= 11 is 0. The van der Waals surface area contributed by atoms with Crippen LogP contribution in [-0.2, 0) is 9.47 Å². The molecule has 136 valence electrons. The first kappa shape index (κ1) is 18.8. The number of nitrogens with two attached hydrogens (primary N) is 1. The van der Waals surface area contributed by atoms with E-state index in [1.807, 2.05) is 32.9 Å². The van der Waals surface area contributed by atoms with Crippen LogP contribution in [0.4, 0.5) is 4.79 Å². The van der Waals surface area contributed by atoms with Crippen LogP contribution < -0.4 is 5.73 Å². The summed E-state index contributed by atoms with van der Waals surface area (Å²) in [4.78, 5) is 16.1. The molecule has 2 atom stereocenters. The highest BCUT2D eigenvalue weighted by Crippen LogP contribution is 2.16. The van der Waals surface area contributed by atoms with Crippen LogP contribution in [0.3, 0.4) is 0 Å². The number of rotatable bonds is 4. The van der Waals surface area contributed by atoms with E-state index in [4.69, 9.17) is 15.2 Å². The van der Waals surface area contributed by atoms with Crippen molar-refractivity contribution < 1.29 is 14.3 Å². The zero-order valence-corrected chi connectivity index (χ0v) is 15.3. The number of nitrogens with zero attached hydrogens (tertiary/aromatic N) is 2. The average Bonchev–Trinajstić information content (AvgIpc) is 2.50. The molecule has 1 saturated heterocycles. The zero-order valence-electron chi connectivity index (χ0n) is 15.3. The molecule has 2 rings (SSSR count). The Labute approximate surface area is 145 Å². The molecule has 2 unspecified atom stereocenters. The molecule has 2 N–H and O–H groups in total. The van der Waals surface area contributed by atoms with Gasteiger partial charge in [-0.1, -0.05) is 13.0 Å². The summed E-state index contributed by atoms with van der Waals surface area (Å²) < 4.78 is 11.2. The molecule has 1 heterocycles. The van der Waals surface area contributed by atoms with Crippen LogP contribution in [-0.4, -0.2) is 66.9 Å². The molecule has 0 aromatic rings. The molecule has 6 heteroatoms. The highest BCUT2D eigenvalue weighted by molar-refractivity contribution is 5.68. The standard InChI is InChI=1S/C18H31N3O3/c1-14-13-15(5-6-16(14)19)23-12-11-20-7-9-21(10-8-20)17(22)24-18(2,3)4/h5-6,13-14,16H,7-12,19H2,1-4H3. The quantitative estimate of drug-likeness (QED) is 0.849. The molecule has 1 fully saturated rings. The first-order valence-electron chi connectivity index (χ1n) is 8.73. The van der Waals surface area contributed by atoms with Crippen LogP contribution >= 0.6 is 0 Å². The first-order chi connectivity index (χ1) is 11.2. The Kier molecular flexibility index (Phi) is 6.29. The lowest BCUT2D eigenvalue weighted by atomic mass is 9.97. The Balaban J connectivity index is 1.66. The number of hydrogen-bond donors (Lipinski definition) is 1. The molecular weight excluding hydrogens is 306 g/mol. The van der Waals surface area contributed by atoms with E-state index in [2.05, 4.69) is 17.9 Å². The predicted molar refractivity (Wildman–Crippen MR) is 94.6 cm³/mol. The minimum atomic E-state index is -0.441. The Morgan fingerprint density at radius 1 is 1.29 bits per heavy atom. The van der Waals surface area contributed by atoms with Crippen LogP contribution in [0.1, 0.15) is 27.7 Å². The van der Waals surface area contributed by atoms with Gasteiger partial charge in [0.25, 0.3) is 0 Å². The zero-order chi connectivity index (χ0) is 17.7. The lowest BCUT2D eigenvalue weighted by molar-refractivity contribution is 0.0130. The van der Waals surface area contributed by atoms with Crippen molar-refractivity contribution in [3.05, 3.63) is 24.0 Å². The van der Waals surface area contributed by atoms with Gasteiger partial charge in [0.05, 0.1) is 0 Å². The van der Waals surface area contributed by atoms with E-state index in [0.717, 1.165) is 25.4 Å². The van der Waals surface area contributed by atoms with Crippen molar-refractivity contribution in [2.45, 2.75) is 39.3 Å². The van der Waals surface area contributed by atoms with Crippen LogP contribution in [0.25, 0.3) is 0 Å². The number of allylic oxidation sites excluding steroid dienone is 1. The molecular formula is C18H31N3O3. The molecule has 24 heavy (non-hydrogen) atoms. The first-order valence-corrected chi connectivity index (χ1v) is 8.73. The Morgan fingerprint density at radius 2 is 1.96 bits per heavy atom. The molecule has 0 aromatic heterocycles. The van der Waals surface area contributed by atoms with Gasteiger partial charge in [-0.05, 0) is 38.8 Å². The van der Waals surface area contributed by atoms with Crippen molar-refractivity contribution in [2.75, 3.05) is 39.3 Å². The third-order valence-electron chi connectivity index (χ3n) is 4.22. The van der Waals surface area contributed by atoms with Gasteiger partial charge < -0.3 is 20.1 Å². The lowest BCUT2D eigenvalue weighted by Gasteiger charge is -2.35. The normalized spacial score (nSPS) is 25.4. The van der Waals surface area contributed by atoms with E-state index in [0.29, 0.717) is 25.6 Å². The summed E-state index contributed by atoms with van der Waals surface area (Å²) in [5.74, 6) is 1.21. The van der Waals surface area contributed by atoms with E-state index in [1.54, 1.807) is 4.90 Å². The number of carbonyl (C=O) groups is 1. The monoisotopic (exact) mass is 337 g/mol. The van der Waals surface area contributed by atoms with Crippen molar-refractivity contribution >= 4 is 6.09 Å². The number of hydrogen-bond acceptors (Lipinski definition) is 5. The highest BCUT2D eigenvalue weighted by atomic mass is 16.6. The van der Waals surface area contributed by atoms with Crippen LogP contribution in [0.2, 0.25) is 0 Å². The summed E-state index contributed by atoms with van der Waals surface area (Å²) in [5.41, 5.74) is 5.48. The van der Waals surface area contributed by atoms with Gasteiger partial charge in [0.15, 0.2) is 0 Å². The molecule has 1 amide bonds. The second kappa shape index (κ2) is 8.03. The van der Waals surface area contributed by atoms with Gasteiger partial charge in [-0.15, -0.1) is 0 Å². The van der Waals surface area contributed by atoms with Crippen molar-refractivity contribution in [1.82, 2.24) is 9.80 Å². The molecule has 2 aliphatic rings. The van der Waals surface area contributed by atoms with Crippen molar-refractivity contribution in [3.8, 4) is 0 Å². The van der Waals surface area contributed by atoms with E-state index < -0.39 is 5.60 Å². The van der Waals surface area contributed by atoms with E-state index in [9.17, 15) is 4.79 Å². The average molecular weight is 337 g/mol. The van der Waals surface area contributed by atoms with Gasteiger partial charge in [-0.25, -0.2) is 4.79 Å². The number of ether oxygens (including phenoxy) is 2. The summed E-state index contributed by atoms with van der Waals surface area (Å²) in [5, 5.41) is 0. The maximum absolute atomic E-state index is 12.0. The maximum atomic E-state index is 12.0. The molecule has 0 saturated carbocycles. The van der Waals surface area contributed by atoms with Gasteiger partial charge in [0.2, 0.25) is 0 Å². The van der Waals surface area contributed by atoms with Crippen LogP contribution in [0.5, 0.6) is 0 Å². The van der Waals surface area contributed by atoms with E-state index in [-0.39, 0.29) is 12.1 Å². The van der Waals surface area contributed by atoms with Gasteiger partial charge in [-0.3, -0.25) is 4.90 Å². The van der Waals surface area contributed by atoms with Gasteiger partial charge in [0, 0.05) is 38.8 Å². The smallest absolute Gasteiger partial charge is 0.410 e. The largest absolute Gasteiger partial charge is 0.493 e. The maximum Gasteiger partial charge on any atom is 0.410 e. The Morgan fingerprint density at radius 3 is 2.54 bits per heavy atom. The molecule has 1 aliphatic heterocycles. The van der Waals surface area contributed by atoms with Crippen LogP contribution in [0.15, 0.2) is 24.0 Å². The Hall–Kier alpha value is -1.53. The van der Waals surface area contributed by atoms with Crippen molar-refractivity contribution in [1.29, 1.82) is 0 Å². The topological polar surface area (TPSA) is 68.0 Å². The fourth-order valence-electron chi connectivity index (χ4n) is 2.68. The number of carbonyl (C=O) groups excluding carboxylic acids is 1. The second-order valence-corrected chi connectivity index (χ2v) is 7.52. The molecule has 0 bridgehead atoms. The van der Waals surface area contributed by atoms with Crippen molar-refractivity contribution in [2.24, 2.45) is 11.7 Å². The van der Waals surface area contributed by atoms with Gasteiger partial charge >= 0.3 is 6.09 Å². The Bertz CT molecular complexity index is 488. The minimum absolute atomic E-state index is 0.0817. The molecule has 1 aliphatic carbocycles. The van der Waals surface area contributed by atoms with Crippen molar-refractivity contribution in [3.63, 3.8) is 0 Å². The second-order valence-electron chi connectivity index (χ2n) is 7.52. The summed E-state index contributed by atoms with van der Waals surface area (Å²) in [6.45, 7) is 12.3. The van der Waals surface area contributed by atoms with Gasteiger partial charge in [0.1, 0.15) is 18.0 Å². The molecule has 6 nitrogen and oxygen atoms in total. The summed E-state index contributed by atoms with van der Waals surface area (Å²) in [6.07, 6.45) is 5.79. The predicted octanol–water partition coefficient (Wildman–Crippen LogP) is 1.97. The van der Waals surface area contributed by atoms with E-state index in [1.165, 1.54) is 0 Å². The fraction of sp³-hybridized carbons (Fsp3) is 0.722. The molecule has 0 aromatic carbocycles. The van der Waals surface area contributed by atoms with E-state index >= 15 is 0 Å². The lowest BCUT2D eigenvalue weighted by Crippen LogP contribution is -2.50. The fourth-order valence-corrected chi connectivity index (χ4v) is 2.68. The molecule has 0 spiro atoms. The van der Waals surface area contributed by atoms with Gasteiger partial charge in [-0.2, -0.15) is 0 Å².